The zero-order valence-electron chi connectivity index (χ0n) is 17.5. The van der Waals surface area contributed by atoms with Crippen molar-refractivity contribution in [2.75, 3.05) is 25.6 Å². The highest BCUT2D eigenvalue weighted by Crippen LogP contribution is 2.35. The van der Waals surface area contributed by atoms with E-state index in [1.807, 2.05) is 49.4 Å². The van der Waals surface area contributed by atoms with E-state index in [1.165, 1.54) is 0 Å². The Morgan fingerprint density at radius 3 is 2.50 bits per heavy atom. The van der Waals surface area contributed by atoms with Gasteiger partial charge in [-0.2, -0.15) is 0 Å². The lowest BCUT2D eigenvalue weighted by Gasteiger charge is -2.14. The summed E-state index contributed by atoms with van der Waals surface area (Å²) in [6.07, 6.45) is 3.72. The lowest BCUT2D eigenvalue weighted by Crippen LogP contribution is -2.21. The van der Waals surface area contributed by atoms with Crippen LogP contribution in [-0.2, 0) is 4.74 Å². The van der Waals surface area contributed by atoms with Gasteiger partial charge in [0.15, 0.2) is 5.65 Å². The predicted molar refractivity (Wildman–Crippen MR) is 120 cm³/mol. The van der Waals surface area contributed by atoms with Gasteiger partial charge in [-0.25, -0.2) is 9.97 Å². The van der Waals surface area contributed by atoms with Gasteiger partial charge < -0.3 is 19.4 Å². The Labute approximate surface area is 176 Å². The SMILES string of the molecule is CCOc1ccc(-n2cc(-c3ccccc3)c3c(N[C@H](C)COC)ncnc32)cc1. The number of rotatable bonds is 8. The molecule has 0 saturated carbocycles. The Kier molecular flexibility index (Phi) is 5.95. The van der Waals surface area contributed by atoms with E-state index in [2.05, 4.69) is 45.1 Å². The average Bonchev–Trinajstić information content (AvgIpc) is 3.16. The minimum atomic E-state index is 0.116. The summed E-state index contributed by atoms with van der Waals surface area (Å²) in [6.45, 7) is 5.29. The number of hydrogen-bond donors (Lipinski definition) is 1. The van der Waals surface area contributed by atoms with Crippen LogP contribution in [-0.4, -0.2) is 40.9 Å². The fourth-order valence-electron chi connectivity index (χ4n) is 3.60. The highest BCUT2D eigenvalue weighted by molar-refractivity contribution is 6.02. The number of nitrogens with zero attached hydrogens (tertiary/aromatic N) is 3. The third kappa shape index (κ3) is 4.00. The van der Waals surface area contributed by atoms with Gasteiger partial charge in [0.05, 0.1) is 18.6 Å². The second kappa shape index (κ2) is 8.97. The molecule has 1 N–H and O–H groups in total. The molecule has 2 heterocycles. The molecule has 0 amide bonds. The number of nitrogens with one attached hydrogen (secondary N) is 1. The Balaban J connectivity index is 1.87. The van der Waals surface area contributed by atoms with E-state index < -0.39 is 0 Å². The van der Waals surface area contributed by atoms with Crippen molar-refractivity contribution in [2.24, 2.45) is 0 Å². The van der Waals surface area contributed by atoms with E-state index in [0.717, 1.165) is 39.4 Å². The lowest BCUT2D eigenvalue weighted by molar-refractivity contribution is 0.190. The minimum absolute atomic E-state index is 0.116. The van der Waals surface area contributed by atoms with Gasteiger partial charge in [0.1, 0.15) is 17.9 Å². The van der Waals surface area contributed by atoms with Crippen LogP contribution in [0, 0.1) is 0 Å². The molecule has 154 valence electrons. The number of benzene rings is 2. The van der Waals surface area contributed by atoms with Gasteiger partial charge in [0, 0.05) is 30.6 Å². The first-order valence-electron chi connectivity index (χ1n) is 10.1. The van der Waals surface area contributed by atoms with Crippen LogP contribution in [0.15, 0.2) is 67.1 Å². The quantitative estimate of drug-likeness (QED) is 0.453. The molecule has 4 aromatic rings. The van der Waals surface area contributed by atoms with Gasteiger partial charge in [-0.3, -0.25) is 0 Å². The summed E-state index contributed by atoms with van der Waals surface area (Å²) in [5.41, 5.74) is 4.05. The first-order valence-corrected chi connectivity index (χ1v) is 10.1. The van der Waals surface area contributed by atoms with Gasteiger partial charge >= 0.3 is 0 Å². The highest BCUT2D eigenvalue weighted by Gasteiger charge is 2.18. The van der Waals surface area contributed by atoms with Crippen molar-refractivity contribution in [3.63, 3.8) is 0 Å². The fraction of sp³-hybridized carbons (Fsp3) is 0.250. The molecule has 0 saturated heterocycles. The van der Waals surface area contributed by atoms with Crippen LogP contribution >= 0.6 is 0 Å². The molecule has 0 unspecified atom stereocenters. The van der Waals surface area contributed by atoms with E-state index in [9.17, 15) is 0 Å². The number of aromatic nitrogens is 3. The molecule has 30 heavy (non-hydrogen) atoms. The van der Waals surface area contributed by atoms with Crippen LogP contribution in [0.25, 0.3) is 27.8 Å². The molecule has 6 nitrogen and oxygen atoms in total. The number of ether oxygens (including phenoxy) is 2. The van der Waals surface area contributed by atoms with Gasteiger partial charge in [0.2, 0.25) is 0 Å². The molecule has 0 aliphatic heterocycles. The number of anilines is 1. The molecule has 0 aliphatic rings. The van der Waals surface area contributed by atoms with Crippen molar-refractivity contribution < 1.29 is 9.47 Å². The van der Waals surface area contributed by atoms with E-state index >= 15 is 0 Å². The molecule has 0 radical (unpaired) electrons. The maximum Gasteiger partial charge on any atom is 0.150 e. The van der Waals surface area contributed by atoms with Crippen molar-refractivity contribution in [3.05, 3.63) is 67.1 Å². The maximum atomic E-state index is 5.59. The van der Waals surface area contributed by atoms with E-state index in [0.29, 0.717) is 13.2 Å². The molecular formula is C24H26N4O2. The normalized spacial score (nSPS) is 12.1. The first kappa shape index (κ1) is 19.9. The largest absolute Gasteiger partial charge is 0.494 e. The summed E-state index contributed by atoms with van der Waals surface area (Å²) in [5.74, 6) is 1.65. The average molecular weight is 402 g/mol. The molecular weight excluding hydrogens is 376 g/mol. The zero-order chi connectivity index (χ0) is 20.9. The Morgan fingerprint density at radius 1 is 1.03 bits per heavy atom. The summed E-state index contributed by atoms with van der Waals surface area (Å²) in [6, 6.07) is 18.5. The van der Waals surface area contributed by atoms with E-state index in [1.54, 1.807) is 13.4 Å². The Bertz CT molecular complexity index is 1110. The molecule has 1 atom stereocenters. The van der Waals surface area contributed by atoms with E-state index in [-0.39, 0.29) is 6.04 Å². The monoisotopic (exact) mass is 402 g/mol. The molecule has 0 bridgehead atoms. The second-order valence-corrected chi connectivity index (χ2v) is 7.13. The van der Waals surface area contributed by atoms with Crippen LogP contribution < -0.4 is 10.1 Å². The molecule has 4 rings (SSSR count). The number of fused-ring (bicyclic) bond motifs is 1. The summed E-state index contributed by atoms with van der Waals surface area (Å²) in [4.78, 5) is 9.18. The van der Waals surface area contributed by atoms with Crippen molar-refractivity contribution in [2.45, 2.75) is 19.9 Å². The summed E-state index contributed by atoms with van der Waals surface area (Å²) in [7, 11) is 1.70. The Hall–Kier alpha value is -3.38. The molecule has 2 aromatic heterocycles. The molecule has 0 spiro atoms. The fourth-order valence-corrected chi connectivity index (χ4v) is 3.60. The first-order chi connectivity index (χ1) is 14.7. The van der Waals surface area contributed by atoms with Gasteiger partial charge in [-0.05, 0) is 43.7 Å². The number of hydrogen-bond acceptors (Lipinski definition) is 5. The topological polar surface area (TPSA) is 61.2 Å². The second-order valence-electron chi connectivity index (χ2n) is 7.13. The van der Waals surface area contributed by atoms with Crippen LogP contribution in [0.4, 0.5) is 5.82 Å². The third-order valence-corrected chi connectivity index (χ3v) is 4.89. The van der Waals surface area contributed by atoms with Crippen LogP contribution in [0.2, 0.25) is 0 Å². The number of methoxy groups -OCH3 is 1. The van der Waals surface area contributed by atoms with Gasteiger partial charge in [0.25, 0.3) is 0 Å². The van der Waals surface area contributed by atoms with Crippen LogP contribution in [0.3, 0.4) is 0 Å². The van der Waals surface area contributed by atoms with Crippen molar-refractivity contribution in [1.82, 2.24) is 14.5 Å². The summed E-state index contributed by atoms with van der Waals surface area (Å²) in [5, 5.41) is 4.46. The van der Waals surface area contributed by atoms with Crippen molar-refractivity contribution >= 4 is 16.9 Å². The molecule has 0 aliphatic carbocycles. The van der Waals surface area contributed by atoms with Crippen molar-refractivity contribution in [1.29, 1.82) is 0 Å². The Morgan fingerprint density at radius 2 is 1.80 bits per heavy atom. The van der Waals surface area contributed by atoms with Gasteiger partial charge in [-0.15, -0.1) is 0 Å². The maximum absolute atomic E-state index is 5.59. The van der Waals surface area contributed by atoms with Crippen LogP contribution in [0.1, 0.15) is 13.8 Å². The third-order valence-electron chi connectivity index (χ3n) is 4.89. The van der Waals surface area contributed by atoms with E-state index in [4.69, 9.17) is 9.47 Å². The smallest absolute Gasteiger partial charge is 0.150 e. The standard InChI is InChI=1S/C24H26N4O2/c1-4-30-20-12-10-19(11-13-20)28-14-21(18-8-6-5-7-9-18)22-23(25-16-26-24(22)28)27-17(2)15-29-3/h5-14,16-17H,4,15H2,1-3H3,(H,25,26,27)/t17-/m1/s1. The molecule has 2 aromatic carbocycles. The lowest BCUT2D eigenvalue weighted by atomic mass is 10.1. The van der Waals surface area contributed by atoms with Gasteiger partial charge in [-0.1, -0.05) is 30.3 Å². The minimum Gasteiger partial charge on any atom is -0.494 e. The predicted octanol–water partition coefficient (Wildman–Crippen LogP) is 4.93. The zero-order valence-corrected chi connectivity index (χ0v) is 17.5. The highest BCUT2D eigenvalue weighted by atomic mass is 16.5. The summed E-state index contributed by atoms with van der Waals surface area (Å²) >= 11 is 0. The summed E-state index contributed by atoms with van der Waals surface area (Å²) < 4.78 is 13.0. The molecule has 0 fully saturated rings. The molecule has 6 heteroatoms. The van der Waals surface area contributed by atoms with Crippen LogP contribution in [0.5, 0.6) is 5.75 Å². The van der Waals surface area contributed by atoms with Crippen molar-refractivity contribution in [3.8, 4) is 22.6 Å².